The minimum Gasteiger partial charge on any atom is -0.481 e. The van der Waals surface area contributed by atoms with Gasteiger partial charge in [0, 0.05) is 0 Å². The first-order valence-electron chi connectivity index (χ1n) is 6.30. The topological polar surface area (TPSA) is 71.4 Å². The van der Waals surface area contributed by atoms with Gasteiger partial charge in [-0.25, -0.2) is 8.42 Å². The molecule has 1 N–H and O–H groups in total. The number of carboxylic acid groups (broad SMARTS) is 1. The largest absolute Gasteiger partial charge is 0.481 e. The van der Waals surface area contributed by atoms with Crippen molar-refractivity contribution in [3.63, 3.8) is 0 Å². The van der Waals surface area contributed by atoms with Gasteiger partial charge in [0.05, 0.1) is 47.1 Å². The van der Waals surface area contributed by atoms with Gasteiger partial charge in [0.15, 0.2) is 0 Å². The summed E-state index contributed by atoms with van der Waals surface area (Å²) in [5.74, 6) is -1.64. The van der Waals surface area contributed by atoms with Crippen molar-refractivity contribution in [2.45, 2.75) is 32.4 Å². The van der Waals surface area contributed by atoms with Gasteiger partial charge >= 0.3 is 5.97 Å². The van der Waals surface area contributed by atoms with E-state index in [1.165, 1.54) is 0 Å². The maximum Gasteiger partial charge on any atom is 0.310 e. The van der Waals surface area contributed by atoms with E-state index < -0.39 is 33.5 Å². The van der Waals surface area contributed by atoms with Crippen molar-refractivity contribution in [3.05, 3.63) is 48.0 Å². The Hall–Kier alpha value is -1.79. The van der Waals surface area contributed by atoms with Crippen LogP contribution in [-0.2, 0) is 26.4 Å². The molecule has 21 heavy (non-hydrogen) atoms. The molecule has 0 aliphatic carbocycles. The lowest BCUT2D eigenvalue weighted by Crippen LogP contribution is -2.13. The number of rotatable bonds is 2. The van der Waals surface area contributed by atoms with Crippen LogP contribution in [0.3, 0.4) is 0 Å². The highest BCUT2D eigenvalue weighted by atomic mass is 32.2. The molecule has 0 bridgehead atoms. The van der Waals surface area contributed by atoms with Gasteiger partial charge in [0.25, 0.3) is 0 Å². The van der Waals surface area contributed by atoms with Crippen molar-refractivity contribution in [1.29, 1.82) is 0 Å². The van der Waals surface area contributed by atoms with Crippen LogP contribution in [0.4, 0.5) is 0 Å². The molecule has 1 aliphatic rings. The van der Waals surface area contributed by atoms with E-state index in [2.05, 4.69) is 0 Å². The molecule has 1 aliphatic heterocycles. The summed E-state index contributed by atoms with van der Waals surface area (Å²) in [5.41, 5.74) is 0.561. The van der Waals surface area contributed by atoms with Gasteiger partial charge in [-0.3, -0.25) is 4.79 Å². The van der Waals surface area contributed by atoms with Crippen LogP contribution < -0.4 is 0 Å². The molecule has 3 unspecified atom stereocenters. The molecule has 0 spiro atoms. The molecule has 1 heterocycles. The van der Waals surface area contributed by atoms with Crippen LogP contribution >= 0.6 is 0 Å². The summed E-state index contributed by atoms with van der Waals surface area (Å²) < 4.78 is 25.2. The Morgan fingerprint density at radius 1 is 0.952 bits per heavy atom. The SMILES string of the molecule is CC(C(=O)O)c1ccc2c(c1)S(=O)c1ccccc1S2=O. The van der Waals surface area contributed by atoms with Gasteiger partial charge in [-0.15, -0.1) is 0 Å². The van der Waals surface area contributed by atoms with E-state index in [9.17, 15) is 13.2 Å². The highest BCUT2D eigenvalue weighted by molar-refractivity contribution is 7.91. The predicted octanol–water partition coefficient (Wildman–Crippen LogP) is 2.52. The Bertz CT molecular complexity index is 798. The number of aliphatic carboxylic acids is 1. The zero-order valence-electron chi connectivity index (χ0n) is 11.1. The third-order valence-electron chi connectivity index (χ3n) is 3.49. The van der Waals surface area contributed by atoms with Crippen molar-refractivity contribution < 1.29 is 18.3 Å². The fraction of sp³-hybridized carbons (Fsp3) is 0.133. The first-order valence-corrected chi connectivity index (χ1v) is 8.60. The third-order valence-corrected chi connectivity index (χ3v) is 6.75. The van der Waals surface area contributed by atoms with E-state index in [4.69, 9.17) is 5.11 Å². The molecule has 0 saturated heterocycles. The van der Waals surface area contributed by atoms with Crippen LogP contribution in [0.1, 0.15) is 18.4 Å². The fourth-order valence-electron chi connectivity index (χ4n) is 2.23. The van der Waals surface area contributed by atoms with E-state index in [0.29, 0.717) is 25.1 Å². The zero-order valence-corrected chi connectivity index (χ0v) is 12.7. The Kier molecular flexibility index (Phi) is 3.51. The average molecular weight is 320 g/mol. The number of carboxylic acids is 1. The van der Waals surface area contributed by atoms with Gasteiger partial charge < -0.3 is 5.11 Å². The maximum atomic E-state index is 12.6. The second-order valence-corrected chi connectivity index (χ2v) is 7.58. The van der Waals surface area contributed by atoms with Crippen molar-refractivity contribution in [2.75, 3.05) is 0 Å². The minimum atomic E-state index is -1.44. The maximum absolute atomic E-state index is 12.6. The van der Waals surface area contributed by atoms with Crippen LogP contribution in [0.5, 0.6) is 0 Å². The summed E-state index contributed by atoms with van der Waals surface area (Å²) in [6.45, 7) is 1.57. The highest BCUT2D eigenvalue weighted by Crippen LogP contribution is 2.36. The highest BCUT2D eigenvalue weighted by Gasteiger charge is 2.28. The van der Waals surface area contributed by atoms with E-state index >= 15 is 0 Å². The van der Waals surface area contributed by atoms with Crippen LogP contribution in [0.2, 0.25) is 0 Å². The van der Waals surface area contributed by atoms with Crippen LogP contribution in [-0.4, -0.2) is 19.5 Å². The molecule has 2 aromatic rings. The lowest BCUT2D eigenvalue weighted by atomic mass is 10.0. The molecule has 0 aromatic heterocycles. The van der Waals surface area contributed by atoms with Gasteiger partial charge in [-0.2, -0.15) is 0 Å². The molecule has 4 nitrogen and oxygen atoms in total. The first kappa shape index (κ1) is 14.2. The Morgan fingerprint density at radius 3 is 2.05 bits per heavy atom. The Morgan fingerprint density at radius 2 is 1.48 bits per heavy atom. The molecule has 6 heteroatoms. The molecule has 0 saturated carbocycles. The summed E-state index contributed by atoms with van der Waals surface area (Å²) in [6, 6.07) is 11.8. The van der Waals surface area contributed by atoms with Gasteiger partial charge in [-0.05, 0) is 36.8 Å². The number of hydrogen-bond donors (Lipinski definition) is 1. The monoisotopic (exact) mass is 320 g/mol. The van der Waals surface area contributed by atoms with Gasteiger partial charge in [0.1, 0.15) is 0 Å². The zero-order chi connectivity index (χ0) is 15.1. The molecule has 108 valence electrons. The smallest absolute Gasteiger partial charge is 0.310 e. The van der Waals surface area contributed by atoms with E-state index in [1.54, 1.807) is 49.4 Å². The molecule has 3 rings (SSSR count). The van der Waals surface area contributed by atoms with Crippen LogP contribution in [0.15, 0.2) is 62.0 Å². The summed E-state index contributed by atoms with van der Waals surface area (Å²) >= 11 is 0. The molecule has 0 amide bonds. The molecule has 0 radical (unpaired) electrons. The van der Waals surface area contributed by atoms with Gasteiger partial charge in [-0.1, -0.05) is 18.2 Å². The summed E-state index contributed by atoms with van der Waals surface area (Å²) in [6.07, 6.45) is 0. The number of benzene rings is 2. The van der Waals surface area contributed by atoms with E-state index in [0.717, 1.165) is 0 Å². The van der Waals surface area contributed by atoms with Crippen LogP contribution in [0.25, 0.3) is 0 Å². The molecular weight excluding hydrogens is 308 g/mol. The second kappa shape index (κ2) is 5.20. The lowest BCUT2D eigenvalue weighted by molar-refractivity contribution is -0.138. The van der Waals surface area contributed by atoms with Crippen molar-refractivity contribution in [2.24, 2.45) is 0 Å². The van der Waals surface area contributed by atoms with Crippen molar-refractivity contribution >= 4 is 27.6 Å². The van der Waals surface area contributed by atoms with Gasteiger partial charge in [0.2, 0.25) is 0 Å². The fourth-order valence-corrected chi connectivity index (χ4v) is 5.44. The number of hydrogen-bond acceptors (Lipinski definition) is 3. The summed E-state index contributed by atoms with van der Waals surface area (Å²) in [5, 5.41) is 9.08. The molecule has 2 aromatic carbocycles. The van der Waals surface area contributed by atoms with E-state index in [-0.39, 0.29) is 0 Å². The number of carbonyl (C=O) groups is 1. The quantitative estimate of drug-likeness (QED) is 0.787. The van der Waals surface area contributed by atoms with Crippen molar-refractivity contribution in [1.82, 2.24) is 0 Å². The van der Waals surface area contributed by atoms with Crippen LogP contribution in [0, 0.1) is 0 Å². The molecule has 3 atom stereocenters. The Balaban J connectivity index is 2.17. The summed E-state index contributed by atoms with van der Waals surface area (Å²) in [7, 11) is -2.82. The number of fused-ring (bicyclic) bond motifs is 2. The van der Waals surface area contributed by atoms with Crippen molar-refractivity contribution in [3.8, 4) is 0 Å². The molecule has 0 fully saturated rings. The lowest BCUT2D eigenvalue weighted by Gasteiger charge is -2.19. The second-order valence-electron chi connectivity index (χ2n) is 4.75. The Labute approximate surface area is 126 Å². The summed E-state index contributed by atoms with van der Waals surface area (Å²) in [4.78, 5) is 13.1. The van der Waals surface area contributed by atoms with E-state index in [1.807, 2.05) is 0 Å². The average Bonchev–Trinajstić information content (AvgIpc) is 2.51. The first-order chi connectivity index (χ1) is 10.0. The molecular formula is C15H12O4S2. The minimum absolute atomic E-state index is 0.442. The predicted molar refractivity (Wildman–Crippen MR) is 78.3 cm³/mol. The standard InChI is InChI=1S/C15H12O4S2/c1-9(15(16)17)10-6-7-13-14(8-10)21(19)12-5-3-2-4-11(12)20(13)18/h2-9H,1H3,(H,16,17). The normalized spacial score (nSPS) is 21.2. The third kappa shape index (κ3) is 2.24.